The molecule has 194 valence electrons. The number of rotatable bonds is 6. The van der Waals surface area contributed by atoms with Gasteiger partial charge in [-0.2, -0.15) is 5.10 Å². The van der Waals surface area contributed by atoms with Crippen LogP contribution in [0.5, 0.6) is 0 Å². The van der Waals surface area contributed by atoms with Crippen LogP contribution < -0.4 is 11.1 Å². The lowest BCUT2D eigenvalue weighted by Crippen LogP contribution is -2.38. The number of nitrogens with two attached hydrogens (primary N) is 1. The van der Waals surface area contributed by atoms with Gasteiger partial charge in [0.2, 0.25) is 0 Å². The van der Waals surface area contributed by atoms with Crippen LogP contribution in [0.25, 0.3) is 22.3 Å². The van der Waals surface area contributed by atoms with Gasteiger partial charge in [0.05, 0.1) is 11.8 Å². The number of likely N-dealkylation sites (tertiary alicyclic amines) is 1. The Balaban J connectivity index is 1.24. The van der Waals surface area contributed by atoms with Gasteiger partial charge >= 0.3 is 0 Å². The zero-order valence-electron chi connectivity index (χ0n) is 21.9. The SMILES string of the molecule is CC(C)c1ccccc1-c1ccc(C(=O)N2CC[C@@H](NC(=O)c3cc(-c4cnn(C)c4)cnc3N)C2)cc1. The van der Waals surface area contributed by atoms with Crippen molar-refractivity contribution < 1.29 is 9.59 Å². The molecule has 2 aromatic heterocycles. The van der Waals surface area contributed by atoms with Gasteiger partial charge in [0.15, 0.2) is 0 Å². The molecule has 2 aromatic carbocycles. The predicted octanol–water partition coefficient (Wildman–Crippen LogP) is 4.50. The molecule has 4 aromatic rings. The highest BCUT2D eigenvalue weighted by molar-refractivity contribution is 6.00. The molecule has 8 heteroatoms. The average Bonchev–Trinajstić information content (AvgIpc) is 3.57. The molecule has 3 N–H and O–H groups in total. The van der Waals surface area contributed by atoms with E-state index < -0.39 is 0 Å². The Morgan fingerprint density at radius 1 is 1.03 bits per heavy atom. The number of aryl methyl sites for hydroxylation is 1. The quantitative estimate of drug-likeness (QED) is 0.399. The third-order valence-electron chi connectivity index (χ3n) is 7.04. The Kier molecular flexibility index (Phi) is 6.96. The van der Waals surface area contributed by atoms with E-state index in [0.29, 0.717) is 36.6 Å². The molecule has 5 rings (SSSR count). The lowest BCUT2D eigenvalue weighted by Gasteiger charge is -2.18. The van der Waals surface area contributed by atoms with Gasteiger partial charge in [-0.05, 0) is 47.2 Å². The zero-order valence-corrected chi connectivity index (χ0v) is 21.9. The van der Waals surface area contributed by atoms with E-state index in [-0.39, 0.29) is 23.7 Å². The van der Waals surface area contributed by atoms with Gasteiger partial charge in [0.1, 0.15) is 5.82 Å². The summed E-state index contributed by atoms with van der Waals surface area (Å²) >= 11 is 0. The second kappa shape index (κ2) is 10.5. The average molecular weight is 509 g/mol. The maximum atomic E-state index is 13.2. The Morgan fingerprint density at radius 3 is 2.50 bits per heavy atom. The topological polar surface area (TPSA) is 106 Å². The summed E-state index contributed by atoms with van der Waals surface area (Å²) in [6.45, 7) is 5.38. The molecule has 1 aliphatic rings. The molecular weight excluding hydrogens is 476 g/mol. The summed E-state index contributed by atoms with van der Waals surface area (Å²) in [5, 5.41) is 7.20. The molecule has 1 fully saturated rings. The first-order valence-corrected chi connectivity index (χ1v) is 12.8. The first-order valence-electron chi connectivity index (χ1n) is 12.8. The second-order valence-electron chi connectivity index (χ2n) is 10.1. The first kappa shape index (κ1) is 25.2. The Morgan fingerprint density at radius 2 is 1.79 bits per heavy atom. The molecule has 0 radical (unpaired) electrons. The largest absolute Gasteiger partial charge is 0.383 e. The van der Waals surface area contributed by atoms with E-state index in [9.17, 15) is 9.59 Å². The minimum absolute atomic E-state index is 0.0369. The van der Waals surface area contributed by atoms with Crippen molar-refractivity contribution in [3.05, 3.63) is 89.9 Å². The van der Waals surface area contributed by atoms with E-state index in [1.165, 1.54) is 11.1 Å². The standard InChI is InChI=1S/C30H32N6O2/c1-19(2)25-6-4-5-7-26(25)20-8-10-21(11-9-20)30(38)36-13-12-24(18-36)34-29(37)27-14-22(15-32-28(27)31)23-16-33-35(3)17-23/h4-11,14-17,19,24H,12-13,18H2,1-3H3,(H2,31,32)(H,34,37)/t24-/m1/s1. The number of hydrogen-bond acceptors (Lipinski definition) is 5. The smallest absolute Gasteiger partial charge is 0.255 e. The number of nitrogens with one attached hydrogen (secondary N) is 1. The molecule has 2 amide bonds. The molecule has 1 atom stereocenters. The van der Waals surface area contributed by atoms with Crippen molar-refractivity contribution in [3.8, 4) is 22.3 Å². The summed E-state index contributed by atoms with van der Waals surface area (Å²) in [6.07, 6.45) is 5.87. The highest BCUT2D eigenvalue weighted by atomic mass is 16.2. The molecule has 0 spiro atoms. The van der Waals surface area contributed by atoms with Crippen LogP contribution in [0.2, 0.25) is 0 Å². The van der Waals surface area contributed by atoms with Gasteiger partial charge in [0.25, 0.3) is 11.8 Å². The number of aromatic nitrogens is 3. The second-order valence-corrected chi connectivity index (χ2v) is 10.1. The minimum Gasteiger partial charge on any atom is -0.383 e. The van der Waals surface area contributed by atoms with Crippen LogP contribution in [0.4, 0.5) is 5.82 Å². The van der Waals surface area contributed by atoms with Crippen molar-refractivity contribution in [2.45, 2.75) is 32.2 Å². The molecule has 3 heterocycles. The fourth-order valence-corrected chi connectivity index (χ4v) is 4.95. The number of hydrogen-bond donors (Lipinski definition) is 2. The van der Waals surface area contributed by atoms with Crippen molar-refractivity contribution >= 4 is 17.6 Å². The molecule has 8 nitrogen and oxygen atoms in total. The maximum Gasteiger partial charge on any atom is 0.255 e. The summed E-state index contributed by atoms with van der Waals surface area (Å²) in [6, 6.07) is 17.7. The van der Waals surface area contributed by atoms with Crippen molar-refractivity contribution in [1.29, 1.82) is 0 Å². The molecule has 0 unspecified atom stereocenters. The molecule has 0 bridgehead atoms. The van der Waals surface area contributed by atoms with Crippen LogP contribution in [-0.4, -0.2) is 50.6 Å². The van der Waals surface area contributed by atoms with E-state index in [2.05, 4.69) is 47.4 Å². The number of nitrogens with zero attached hydrogens (tertiary/aromatic N) is 4. The summed E-state index contributed by atoms with van der Waals surface area (Å²) in [5.74, 6) is 0.242. The van der Waals surface area contributed by atoms with Gasteiger partial charge in [-0.15, -0.1) is 0 Å². The summed E-state index contributed by atoms with van der Waals surface area (Å²) in [4.78, 5) is 32.2. The highest BCUT2D eigenvalue weighted by Gasteiger charge is 2.29. The lowest BCUT2D eigenvalue weighted by atomic mass is 9.92. The van der Waals surface area contributed by atoms with Crippen LogP contribution in [0.1, 0.15) is 52.5 Å². The molecule has 0 aliphatic carbocycles. The van der Waals surface area contributed by atoms with E-state index in [1.54, 1.807) is 28.0 Å². The van der Waals surface area contributed by atoms with Gasteiger partial charge < -0.3 is 16.0 Å². The van der Waals surface area contributed by atoms with Crippen LogP contribution in [-0.2, 0) is 7.05 Å². The number of carbonyl (C=O) groups excluding carboxylic acids is 2. The third kappa shape index (κ3) is 5.16. The maximum absolute atomic E-state index is 13.2. The third-order valence-corrected chi connectivity index (χ3v) is 7.04. The first-order chi connectivity index (χ1) is 18.3. The molecule has 38 heavy (non-hydrogen) atoms. The predicted molar refractivity (Wildman–Crippen MR) is 149 cm³/mol. The molecule has 1 aliphatic heterocycles. The van der Waals surface area contributed by atoms with Crippen LogP contribution in [0, 0.1) is 0 Å². The number of pyridine rings is 1. The van der Waals surface area contributed by atoms with Crippen LogP contribution in [0.15, 0.2) is 73.2 Å². The monoisotopic (exact) mass is 508 g/mol. The van der Waals surface area contributed by atoms with Crippen molar-refractivity contribution in [1.82, 2.24) is 25.0 Å². The zero-order chi connectivity index (χ0) is 26.8. The van der Waals surface area contributed by atoms with Gasteiger partial charge in [-0.3, -0.25) is 14.3 Å². The lowest BCUT2D eigenvalue weighted by molar-refractivity contribution is 0.0783. The Bertz CT molecular complexity index is 1470. The summed E-state index contributed by atoms with van der Waals surface area (Å²) < 4.78 is 1.69. The van der Waals surface area contributed by atoms with Gasteiger partial charge in [0, 0.05) is 55.3 Å². The van der Waals surface area contributed by atoms with Crippen molar-refractivity contribution in [3.63, 3.8) is 0 Å². The van der Waals surface area contributed by atoms with Crippen LogP contribution >= 0.6 is 0 Å². The van der Waals surface area contributed by atoms with Crippen molar-refractivity contribution in [2.24, 2.45) is 7.05 Å². The number of benzene rings is 2. The Labute approximate surface area is 222 Å². The summed E-state index contributed by atoms with van der Waals surface area (Å²) in [7, 11) is 1.83. The summed E-state index contributed by atoms with van der Waals surface area (Å²) in [5.41, 5.74) is 12.2. The van der Waals surface area contributed by atoms with Gasteiger partial charge in [-0.1, -0.05) is 50.2 Å². The van der Waals surface area contributed by atoms with E-state index >= 15 is 0 Å². The highest BCUT2D eigenvalue weighted by Crippen LogP contribution is 2.29. The molecule has 0 saturated carbocycles. The minimum atomic E-state index is -0.298. The number of nitrogen functional groups attached to an aromatic ring is 1. The van der Waals surface area contributed by atoms with Gasteiger partial charge in [-0.25, -0.2) is 4.98 Å². The van der Waals surface area contributed by atoms with Crippen LogP contribution in [0.3, 0.4) is 0 Å². The van der Waals surface area contributed by atoms with Crippen molar-refractivity contribution in [2.75, 3.05) is 18.8 Å². The normalized spacial score (nSPS) is 15.2. The van der Waals surface area contributed by atoms with E-state index in [4.69, 9.17) is 5.73 Å². The van der Waals surface area contributed by atoms with E-state index in [1.807, 2.05) is 43.6 Å². The van der Waals surface area contributed by atoms with E-state index in [0.717, 1.165) is 16.7 Å². The number of carbonyl (C=O) groups is 2. The Hall–Kier alpha value is -4.46. The number of amides is 2. The number of anilines is 1. The fraction of sp³-hybridized carbons (Fsp3) is 0.267. The molecule has 1 saturated heterocycles. The fourth-order valence-electron chi connectivity index (χ4n) is 4.95. The molecular formula is C30H32N6O2.